The number of rotatable bonds is 7. The number of hydrogen-bond donors (Lipinski definition) is 0. The summed E-state index contributed by atoms with van der Waals surface area (Å²) in [7, 11) is 3.68. The monoisotopic (exact) mass is 309 g/mol. The third kappa shape index (κ3) is 3.68. The van der Waals surface area contributed by atoms with Gasteiger partial charge < -0.3 is 14.2 Å². The molecule has 0 saturated carbocycles. The summed E-state index contributed by atoms with van der Waals surface area (Å²) in [6.07, 6.45) is 7.55. The first-order valence-corrected chi connectivity index (χ1v) is 8.19. The lowest BCUT2D eigenvalue weighted by Crippen LogP contribution is -2.44. The van der Waals surface area contributed by atoms with E-state index < -0.39 is 0 Å². The minimum absolute atomic E-state index is 0.274. The minimum atomic E-state index is 0.274. The molecular formula is C16H27N3O3. The quantitative estimate of drug-likeness (QED) is 0.699. The van der Waals surface area contributed by atoms with E-state index in [2.05, 4.69) is 16.2 Å². The highest BCUT2D eigenvalue weighted by molar-refractivity contribution is 5.09. The van der Waals surface area contributed by atoms with E-state index in [0.717, 1.165) is 39.0 Å². The third-order valence-corrected chi connectivity index (χ3v) is 4.72. The van der Waals surface area contributed by atoms with Crippen LogP contribution in [0.3, 0.4) is 0 Å². The van der Waals surface area contributed by atoms with Crippen molar-refractivity contribution in [1.29, 1.82) is 0 Å². The summed E-state index contributed by atoms with van der Waals surface area (Å²) in [5, 5.41) is 4.29. The van der Waals surface area contributed by atoms with Gasteiger partial charge in [0.2, 0.25) is 0 Å². The van der Waals surface area contributed by atoms with Gasteiger partial charge in [-0.25, -0.2) is 0 Å². The molecular weight excluding hydrogens is 282 g/mol. The van der Waals surface area contributed by atoms with Gasteiger partial charge in [0.1, 0.15) is 0 Å². The summed E-state index contributed by atoms with van der Waals surface area (Å²) in [5.74, 6) is 0. The molecule has 2 aliphatic heterocycles. The van der Waals surface area contributed by atoms with Gasteiger partial charge in [0, 0.05) is 45.6 Å². The zero-order valence-corrected chi connectivity index (χ0v) is 13.6. The van der Waals surface area contributed by atoms with Crippen LogP contribution >= 0.6 is 0 Å². The third-order valence-electron chi connectivity index (χ3n) is 4.72. The lowest BCUT2D eigenvalue weighted by molar-refractivity contribution is -0.00620. The topological polar surface area (TPSA) is 48.8 Å². The van der Waals surface area contributed by atoms with Gasteiger partial charge >= 0.3 is 0 Å². The highest BCUT2D eigenvalue weighted by Crippen LogP contribution is 2.29. The minimum Gasteiger partial charge on any atom is -0.382 e. The van der Waals surface area contributed by atoms with E-state index in [4.69, 9.17) is 14.2 Å². The van der Waals surface area contributed by atoms with E-state index in [0.29, 0.717) is 25.3 Å². The molecule has 1 unspecified atom stereocenters. The zero-order valence-electron chi connectivity index (χ0n) is 13.6. The Morgan fingerprint density at radius 1 is 1.36 bits per heavy atom. The van der Waals surface area contributed by atoms with E-state index in [9.17, 15) is 0 Å². The fraction of sp³-hybridized carbons (Fsp3) is 0.812. The first-order chi connectivity index (χ1) is 10.8. The standard InChI is InChI=1S/C16H27N3O3/c1-18-11-13(10-17-18)9-15-16(22-8-7-20-2)3-5-19(15)14-4-6-21-12-14/h10-11,14-16H,3-9,12H2,1-2H3/t14?,15-,16-/m1/s1. The fourth-order valence-electron chi connectivity index (χ4n) is 3.63. The second kappa shape index (κ2) is 7.55. The van der Waals surface area contributed by atoms with Gasteiger partial charge in [-0.05, 0) is 24.8 Å². The lowest BCUT2D eigenvalue weighted by atomic mass is 10.0. The van der Waals surface area contributed by atoms with Gasteiger partial charge in [-0.1, -0.05) is 0 Å². The predicted molar refractivity (Wildman–Crippen MR) is 82.9 cm³/mol. The highest BCUT2D eigenvalue weighted by atomic mass is 16.5. The van der Waals surface area contributed by atoms with Crippen molar-refractivity contribution < 1.29 is 14.2 Å². The molecule has 6 heteroatoms. The van der Waals surface area contributed by atoms with Gasteiger partial charge in [0.15, 0.2) is 0 Å². The van der Waals surface area contributed by atoms with Crippen LogP contribution in [0.4, 0.5) is 0 Å². The Labute approximate surface area is 132 Å². The fourth-order valence-corrected chi connectivity index (χ4v) is 3.63. The molecule has 0 bridgehead atoms. The lowest BCUT2D eigenvalue weighted by Gasteiger charge is -2.31. The van der Waals surface area contributed by atoms with Gasteiger partial charge in [0.05, 0.1) is 32.1 Å². The smallest absolute Gasteiger partial charge is 0.0746 e. The summed E-state index contributed by atoms with van der Waals surface area (Å²) in [5.41, 5.74) is 1.28. The summed E-state index contributed by atoms with van der Waals surface area (Å²) in [6.45, 7) is 4.16. The maximum atomic E-state index is 6.09. The van der Waals surface area contributed by atoms with Gasteiger partial charge in [-0.3, -0.25) is 9.58 Å². The van der Waals surface area contributed by atoms with Crippen LogP contribution in [-0.2, 0) is 27.7 Å². The second-order valence-electron chi connectivity index (χ2n) is 6.24. The van der Waals surface area contributed by atoms with Crippen LogP contribution in [0.15, 0.2) is 12.4 Å². The SMILES string of the molecule is COCCO[C@@H]1CCN(C2CCOC2)[C@@H]1Cc1cnn(C)c1. The van der Waals surface area contributed by atoms with Crippen molar-refractivity contribution in [2.75, 3.05) is 40.1 Å². The van der Waals surface area contributed by atoms with Crippen molar-refractivity contribution in [3.05, 3.63) is 18.0 Å². The molecule has 1 aromatic heterocycles. The first-order valence-electron chi connectivity index (χ1n) is 8.19. The molecule has 2 saturated heterocycles. The number of aryl methyl sites for hydroxylation is 1. The van der Waals surface area contributed by atoms with Crippen molar-refractivity contribution >= 4 is 0 Å². The molecule has 0 aliphatic carbocycles. The zero-order chi connectivity index (χ0) is 15.4. The number of aromatic nitrogens is 2. The maximum Gasteiger partial charge on any atom is 0.0746 e. The molecule has 1 aromatic rings. The molecule has 2 fully saturated rings. The van der Waals surface area contributed by atoms with E-state index >= 15 is 0 Å². The molecule has 0 N–H and O–H groups in total. The van der Waals surface area contributed by atoms with Crippen molar-refractivity contribution in [3.63, 3.8) is 0 Å². The molecule has 0 spiro atoms. The number of methoxy groups -OCH3 is 1. The molecule has 0 radical (unpaired) electrons. The summed E-state index contributed by atoms with van der Waals surface area (Å²) < 4.78 is 18.7. The molecule has 0 amide bonds. The Balaban J connectivity index is 1.66. The molecule has 2 aliphatic rings. The van der Waals surface area contributed by atoms with Crippen LogP contribution in [0.2, 0.25) is 0 Å². The largest absolute Gasteiger partial charge is 0.382 e. The predicted octanol–water partition coefficient (Wildman–Crippen LogP) is 0.857. The van der Waals surface area contributed by atoms with Crippen molar-refractivity contribution in [3.8, 4) is 0 Å². The highest BCUT2D eigenvalue weighted by Gasteiger charge is 2.39. The molecule has 3 rings (SSSR count). The Bertz CT molecular complexity index is 459. The summed E-state index contributed by atoms with van der Waals surface area (Å²) in [6, 6.07) is 0.949. The van der Waals surface area contributed by atoms with Crippen LogP contribution < -0.4 is 0 Å². The van der Waals surface area contributed by atoms with E-state index in [1.165, 1.54) is 5.56 Å². The van der Waals surface area contributed by atoms with Crippen LogP contribution in [0.25, 0.3) is 0 Å². The normalized spacial score (nSPS) is 29.5. The van der Waals surface area contributed by atoms with Crippen molar-refractivity contribution in [2.45, 2.75) is 37.5 Å². The van der Waals surface area contributed by atoms with Crippen molar-refractivity contribution in [2.24, 2.45) is 7.05 Å². The number of likely N-dealkylation sites (tertiary alicyclic amines) is 1. The van der Waals surface area contributed by atoms with Gasteiger partial charge in [-0.15, -0.1) is 0 Å². The second-order valence-corrected chi connectivity index (χ2v) is 6.24. The van der Waals surface area contributed by atoms with E-state index in [-0.39, 0.29) is 6.10 Å². The van der Waals surface area contributed by atoms with Crippen LogP contribution in [-0.4, -0.2) is 73.0 Å². The van der Waals surface area contributed by atoms with Crippen LogP contribution in [0, 0.1) is 0 Å². The van der Waals surface area contributed by atoms with E-state index in [1.807, 2.05) is 17.9 Å². The van der Waals surface area contributed by atoms with Crippen molar-refractivity contribution in [1.82, 2.24) is 14.7 Å². The molecule has 22 heavy (non-hydrogen) atoms. The molecule has 6 nitrogen and oxygen atoms in total. The number of hydrogen-bond acceptors (Lipinski definition) is 5. The summed E-state index contributed by atoms with van der Waals surface area (Å²) in [4.78, 5) is 2.59. The Hall–Kier alpha value is -0.950. The first kappa shape index (κ1) is 15.9. The summed E-state index contributed by atoms with van der Waals surface area (Å²) >= 11 is 0. The Morgan fingerprint density at radius 2 is 2.27 bits per heavy atom. The average Bonchev–Trinajstić information content (AvgIpc) is 3.22. The van der Waals surface area contributed by atoms with Gasteiger partial charge in [0.25, 0.3) is 0 Å². The van der Waals surface area contributed by atoms with E-state index in [1.54, 1.807) is 7.11 Å². The number of nitrogens with zero attached hydrogens (tertiary/aromatic N) is 3. The average molecular weight is 309 g/mol. The molecule has 124 valence electrons. The van der Waals surface area contributed by atoms with Gasteiger partial charge in [-0.2, -0.15) is 5.10 Å². The Morgan fingerprint density at radius 3 is 2.95 bits per heavy atom. The van der Waals surface area contributed by atoms with Crippen LogP contribution in [0.5, 0.6) is 0 Å². The van der Waals surface area contributed by atoms with Crippen LogP contribution in [0.1, 0.15) is 18.4 Å². The molecule has 0 aromatic carbocycles. The maximum absolute atomic E-state index is 6.09. The molecule has 3 atom stereocenters. The molecule has 3 heterocycles. The number of ether oxygens (including phenoxy) is 3. The Kier molecular flexibility index (Phi) is 5.46.